The fraction of sp³-hybridized carbons (Fsp3) is 0.500. The minimum Gasteiger partial charge on any atom is -0.370 e. The van der Waals surface area contributed by atoms with Crippen LogP contribution >= 0.6 is 0 Å². The van der Waals surface area contributed by atoms with Gasteiger partial charge in [0.1, 0.15) is 5.82 Å². The van der Waals surface area contributed by atoms with E-state index >= 15 is 0 Å². The van der Waals surface area contributed by atoms with Gasteiger partial charge in [-0.3, -0.25) is 9.80 Å². The molecule has 2 saturated heterocycles. The number of benzene rings is 1. The van der Waals surface area contributed by atoms with Crippen LogP contribution in [0.25, 0.3) is 0 Å². The zero-order chi connectivity index (χ0) is 22.5. The fourth-order valence-electron chi connectivity index (χ4n) is 5.44. The van der Waals surface area contributed by atoms with E-state index in [0.29, 0.717) is 6.54 Å². The molecule has 1 aliphatic carbocycles. The maximum atomic E-state index is 14.9. The van der Waals surface area contributed by atoms with E-state index in [1.165, 1.54) is 17.0 Å². The molecule has 2 amide bonds. The normalized spacial score (nSPS) is 27.7. The van der Waals surface area contributed by atoms with Crippen LogP contribution in [-0.4, -0.2) is 55.2 Å². The van der Waals surface area contributed by atoms with Gasteiger partial charge in [0.25, 0.3) is 0 Å². The first kappa shape index (κ1) is 21.1. The highest BCUT2D eigenvalue weighted by Gasteiger charge is 2.51. The summed E-state index contributed by atoms with van der Waals surface area (Å²) in [4.78, 5) is 22.8. The van der Waals surface area contributed by atoms with Crippen molar-refractivity contribution in [2.45, 2.75) is 43.2 Å². The van der Waals surface area contributed by atoms with Gasteiger partial charge in [-0.25, -0.2) is 18.6 Å². The van der Waals surface area contributed by atoms with Crippen LogP contribution in [0.2, 0.25) is 0 Å². The number of amides is 2. The van der Waals surface area contributed by atoms with Gasteiger partial charge in [-0.2, -0.15) is 0 Å². The highest BCUT2D eigenvalue weighted by Crippen LogP contribution is 2.46. The summed E-state index contributed by atoms with van der Waals surface area (Å²) in [7, 11) is 4.03. The Morgan fingerprint density at radius 2 is 1.84 bits per heavy atom. The van der Waals surface area contributed by atoms with Crippen LogP contribution in [-0.2, 0) is 5.54 Å². The number of nitrogens with zero attached hydrogens (tertiary/aromatic N) is 4. The average Bonchev–Trinajstić information content (AvgIpc) is 3.03. The first-order chi connectivity index (χ1) is 15.3. The Morgan fingerprint density at radius 3 is 2.44 bits per heavy atom. The third-order valence-corrected chi connectivity index (χ3v) is 7.61. The van der Waals surface area contributed by atoms with E-state index in [-0.39, 0.29) is 23.2 Å². The van der Waals surface area contributed by atoms with Crippen LogP contribution in [0.1, 0.15) is 37.7 Å². The largest absolute Gasteiger partial charge is 0.370 e. The van der Waals surface area contributed by atoms with Crippen molar-refractivity contribution in [1.82, 2.24) is 15.2 Å². The zero-order valence-corrected chi connectivity index (χ0v) is 18.6. The van der Waals surface area contributed by atoms with Gasteiger partial charge >= 0.3 is 6.03 Å². The lowest BCUT2D eigenvalue weighted by atomic mass is 9.69. The van der Waals surface area contributed by atoms with E-state index in [1.54, 1.807) is 18.3 Å². The number of carbonyl (C=O) groups is 1. The number of carbonyl (C=O) groups excluding carboxylic acids is 1. The molecule has 32 heavy (non-hydrogen) atoms. The second-order valence-electron chi connectivity index (χ2n) is 9.57. The molecule has 1 N–H and O–H groups in total. The summed E-state index contributed by atoms with van der Waals surface area (Å²) < 4.78 is 28.8. The molecule has 0 radical (unpaired) electrons. The maximum absolute atomic E-state index is 14.9. The average molecular weight is 442 g/mol. The number of hydrogen-bond acceptors (Lipinski definition) is 4. The quantitative estimate of drug-likeness (QED) is 0.783. The molecule has 0 bridgehead atoms. The standard InChI is InChI=1S/C24H29F2N5O/c1-29(2)24(17-5-3-6-18(25)13-17)9-7-23(8-10-24)16-31(22(32)28-23)21-20(26)14-19(15-27-21)30-11-4-12-30/h3,5-6,13-15H,4,7-12,16H2,1-2H3,(H,28,32). The van der Waals surface area contributed by atoms with E-state index < -0.39 is 11.4 Å². The van der Waals surface area contributed by atoms with Crippen molar-refractivity contribution in [2.24, 2.45) is 0 Å². The number of aromatic nitrogens is 1. The maximum Gasteiger partial charge on any atom is 0.323 e. The van der Waals surface area contributed by atoms with E-state index in [9.17, 15) is 13.6 Å². The van der Waals surface area contributed by atoms with Gasteiger partial charge in [0.15, 0.2) is 11.6 Å². The van der Waals surface area contributed by atoms with E-state index in [0.717, 1.165) is 56.4 Å². The number of pyridine rings is 1. The van der Waals surface area contributed by atoms with Crippen molar-refractivity contribution < 1.29 is 13.6 Å². The number of anilines is 2. The SMILES string of the molecule is CN(C)C1(c2cccc(F)c2)CCC2(CC1)CN(c1ncc(N3CCC3)cc1F)C(=O)N2. The molecule has 5 rings (SSSR count). The number of rotatable bonds is 4. The summed E-state index contributed by atoms with van der Waals surface area (Å²) in [6.07, 6.45) is 5.72. The van der Waals surface area contributed by atoms with Crippen LogP contribution in [0.4, 0.5) is 25.1 Å². The van der Waals surface area contributed by atoms with Gasteiger partial charge in [0.2, 0.25) is 0 Å². The Kier molecular flexibility index (Phi) is 5.08. The molecule has 1 spiro atoms. The molecular formula is C24H29F2N5O. The lowest BCUT2D eigenvalue weighted by Crippen LogP contribution is -2.54. The second-order valence-corrected chi connectivity index (χ2v) is 9.57. The fourth-order valence-corrected chi connectivity index (χ4v) is 5.44. The molecule has 8 heteroatoms. The first-order valence-corrected chi connectivity index (χ1v) is 11.3. The molecule has 1 saturated carbocycles. The molecule has 6 nitrogen and oxygen atoms in total. The summed E-state index contributed by atoms with van der Waals surface area (Å²) in [5, 5.41) is 3.12. The van der Waals surface area contributed by atoms with E-state index in [1.807, 2.05) is 20.2 Å². The van der Waals surface area contributed by atoms with Crippen LogP contribution in [0, 0.1) is 11.6 Å². The predicted octanol–water partition coefficient (Wildman–Crippen LogP) is 3.87. The van der Waals surface area contributed by atoms with Gasteiger partial charge in [-0.05, 0) is 63.9 Å². The molecule has 2 aliphatic heterocycles. The Hall–Kier alpha value is -2.74. The second kappa shape index (κ2) is 7.69. The van der Waals surface area contributed by atoms with Crippen molar-refractivity contribution >= 4 is 17.5 Å². The Balaban J connectivity index is 1.35. The summed E-state index contributed by atoms with van der Waals surface area (Å²) in [6.45, 7) is 2.20. The number of urea groups is 1. The number of hydrogen-bond donors (Lipinski definition) is 1. The minimum absolute atomic E-state index is 0.0817. The Labute approximate surface area is 187 Å². The Bertz CT molecular complexity index is 1030. The van der Waals surface area contributed by atoms with Crippen LogP contribution in [0.15, 0.2) is 36.5 Å². The zero-order valence-electron chi connectivity index (χ0n) is 18.6. The number of nitrogens with one attached hydrogen (secondary N) is 1. The van der Waals surface area contributed by atoms with Crippen LogP contribution in [0.5, 0.6) is 0 Å². The highest BCUT2D eigenvalue weighted by molar-refractivity contribution is 5.94. The Morgan fingerprint density at radius 1 is 1.09 bits per heavy atom. The molecule has 3 aliphatic rings. The molecular weight excluding hydrogens is 412 g/mol. The molecule has 3 heterocycles. The number of halogens is 2. The summed E-state index contributed by atoms with van der Waals surface area (Å²) in [5.41, 5.74) is 0.977. The van der Waals surface area contributed by atoms with Crippen molar-refractivity contribution in [3.05, 3.63) is 53.7 Å². The van der Waals surface area contributed by atoms with Crippen LogP contribution < -0.4 is 15.1 Å². The molecule has 0 unspecified atom stereocenters. The molecule has 0 atom stereocenters. The smallest absolute Gasteiger partial charge is 0.323 e. The minimum atomic E-state index is -0.472. The summed E-state index contributed by atoms with van der Waals surface area (Å²) in [5.74, 6) is -0.634. The van der Waals surface area contributed by atoms with Gasteiger partial charge in [0, 0.05) is 24.7 Å². The van der Waals surface area contributed by atoms with Gasteiger partial charge in [-0.15, -0.1) is 0 Å². The van der Waals surface area contributed by atoms with E-state index in [2.05, 4.69) is 20.1 Å². The van der Waals surface area contributed by atoms with Gasteiger partial charge in [0.05, 0.1) is 24.0 Å². The molecule has 1 aromatic carbocycles. The first-order valence-electron chi connectivity index (χ1n) is 11.3. The molecule has 3 fully saturated rings. The van der Waals surface area contributed by atoms with Crippen molar-refractivity contribution in [2.75, 3.05) is 43.5 Å². The molecule has 1 aromatic heterocycles. The topological polar surface area (TPSA) is 51.7 Å². The third-order valence-electron chi connectivity index (χ3n) is 7.61. The predicted molar refractivity (Wildman–Crippen MR) is 120 cm³/mol. The van der Waals surface area contributed by atoms with Gasteiger partial charge < -0.3 is 10.2 Å². The van der Waals surface area contributed by atoms with Crippen LogP contribution in [0.3, 0.4) is 0 Å². The van der Waals surface area contributed by atoms with Crippen molar-refractivity contribution in [1.29, 1.82) is 0 Å². The van der Waals surface area contributed by atoms with Crippen molar-refractivity contribution in [3.63, 3.8) is 0 Å². The van der Waals surface area contributed by atoms with E-state index in [4.69, 9.17) is 0 Å². The van der Waals surface area contributed by atoms with Crippen molar-refractivity contribution in [3.8, 4) is 0 Å². The summed E-state index contributed by atoms with van der Waals surface area (Å²) >= 11 is 0. The molecule has 2 aromatic rings. The summed E-state index contributed by atoms with van der Waals surface area (Å²) in [6, 6.07) is 7.95. The third kappa shape index (κ3) is 3.41. The molecule has 170 valence electrons. The lowest BCUT2D eigenvalue weighted by molar-refractivity contribution is 0.0655. The highest BCUT2D eigenvalue weighted by atomic mass is 19.1. The lowest BCUT2D eigenvalue weighted by Gasteiger charge is -2.48. The van der Waals surface area contributed by atoms with Gasteiger partial charge in [-0.1, -0.05) is 12.1 Å². The monoisotopic (exact) mass is 441 g/mol.